The Bertz CT molecular complexity index is 832. The SMILES string of the molecule is O=C(Nc1ccc(-n2cncn2)nc1)N1CCCC1c1ccccc1. The second-order valence-electron chi connectivity index (χ2n) is 5.94. The van der Waals surface area contributed by atoms with E-state index in [1.54, 1.807) is 23.3 Å². The van der Waals surface area contributed by atoms with Crippen LogP contribution in [0.5, 0.6) is 0 Å². The number of nitrogens with one attached hydrogen (secondary N) is 1. The summed E-state index contributed by atoms with van der Waals surface area (Å²) in [6.45, 7) is 0.760. The van der Waals surface area contributed by atoms with Gasteiger partial charge in [-0.1, -0.05) is 30.3 Å². The van der Waals surface area contributed by atoms with E-state index < -0.39 is 0 Å². The van der Waals surface area contributed by atoms with E-state index in [1.807, 2.05) is 29.2 Å². The van der Waals surface area contributed by atoms with Crippen LogP contribution in [0.15, 0.2) is 61.3 Å². The molecule has 1 aliphatic rings. The number of hydrogen-bond acceptors (Lipinski definition) is 4. The molecule has 3 aromatic rings. The number of rotatable bonds is 3. The maximum atomic E-state index is 12.7. The molecule has 1 fully saturated rings. The van der Waals surface area contributed by atoms with Gasteiger partial charge in [-0.05, 0) is 30.5 Å². The summed E-state index contributed by atoms with van der Waals surface area (Å²) in [6, 6.07) is 13.8. The molecule has 0 bridgehead atoms. The van der Waals surface area contributed by atoms with Crippen molar-refractivity contribution in [3.63, 3.8) is 0 Å². The lowest BCUT2D eigenvalue weighted by molar-refractivity contribution is 0.207. The Labute approximate surface area is 145 Å². The third kappa shape index (κ3) is 3.21. The molecule has 4 rings (SSSR count). The Morgan fingerprint density at radius 2 is 2.04 bits per heavy atom. The molecule has 1 aliphatic heterocycles. The summed E-state index contributed by atoms with van der Waals surface area (Å²) in [5.41, 5.74) is 1.84. The predicted molar refractivity (Wildman–Crippen MR) is 93.3 cm³/mol. The van der Waals surface area contributed by atoms with E-state index >= 15 is 0 Å². The second-order valence-corrected chi connectivity index (χ2v) is 5.94. The van der Waals surface area contributed by atoms with Crippen molar-refractivity contribution < 1.29 is 4.79 Å². The zero-order valence-corrected chi connectivity index (χ0v) is 13.6. The molecule has 0 spiro atoms. The molecule has 3 heterocycles. The van der Waals surface area contributed by atoms with Gasteiger partial charge in [0.15, 0.2) is 5.82 Å². The number of pyridine rings is 1. The predicted octanol–water partition coefficient (Wildman–Crippen LogP) is 3.03. The lowest BCUT2D eigenvalue weighted by atomic mass is 10.1. The number of amides is 2. The third-order valence-corrected chi connectivity index (χ3v) is 4.35. The maximum Gasteiger partial charge on any atom is 0.322 e. The van der Waals surface area contributed by atoms with E-state index in [2.05, 4.69) is 32.5 Å². The fraction of sp³-hybridized carbons (Fsp3) is 0.222. The molecule has 7 nitrogen and oxygen atoms in total. The van der Waals surface area contributed by atoms with E-state index in [0.29, 0.717) is 11.5 Å². The van der Waals surface area contributed by atoms with Crippen molar-refractivity contribution in [2.75, 3.05) is 11.9 Å². The maximum absolute atomic E-state index is 12.7. The summed E-state index contributed by atoms with van der Waals surface area (Å²) in [6.07, 6.45) is 6.66. The molecular weight excluding hydrogens is 316 g/mol. The van der Waals surface area contributed by atoms with E-state index in [-0.39, 0.29) is 12.1 Å². The third-order valence-electron chi connectivity index (χ3n) is 4.35. The Kier molecular flexibility index (Phi) is 4.12. The Morgan fingerprint density at radius 3 is 2.76 bits per heavy atom. The summed E-state index contributed by atoms with van der Waals surface area (Å²) < 4.78 is 1.57. The van der Waals surface area contributed by atoms with Crippen LogP contribution >= 0.6 is 0 Å². The second kappa shape index (κ2) is 6.72. The van der Waals surface area contributed by atoms with Crippen molar-refractivity contribution in [2.24, 2.45) is 0 Å². The highest BCUT2D eigenvalue weighted by molar-refractivity contribution is 5.89. The van der Waals surface area contributed by atoms with Crippen LogP contribution < -0.4 is 5.32 Å². The first-order valence-corrected chi connectivity index (χ1v) is 8.25. The van der Waals surface area contributed by atoms with Gasteiger partial charge < -0.3 is 10.2 Å². The van der Waals surface area contributed by atoms with Crippen molar-refractivity contribution in [1.29, 1.82) is 0 Å². The number of likely N-dealkylation sites (tertiary alicyclic amines) is 1. The molecule has 1 N–H and O–H groups in total. The standard InChI is InChI=1S/C18H18N6O/c25-18(23-10-4-7-16(23)14-5-2-1-3-6-14)22-15-8-9-17(20-11-15)24-13-19-12-21-24/h1-3,5-6,8-9,11-13,16H,4,7,10H2,(H,22,25). The van der Waals surface area contributed by atoms with Crippen molar-refractivity contribution >= 4 is 11.7 Å². The van der Waals surface area contributed by atoms with Gasteiger partial charge in [-0.3, -0.25) is 0 Å². The molecule has 2 amide bonds. The Balaban J connectivity index is 1.46. The van der Waals surface area contributed by atoms with E-state index in [4.69, 9.17) is 0 Å². The first-order valence-electron chi connectivity index (χ1n) is 8.25. The first kappa shape index (κ1) is 15.3. The lowest BCUT2D eigenvalue weighted by Gasteiger charge is -2.25. The van der Waals surface area contributed by atoms with Crippen LogP contribution in [0.1, 0.15) is 24.4 Å². The highest BCUT2D eigenvalue weighted by Gasteiger charge is 2.29. The zero-order chi connectivity index (χ0) is 17.1. The molecule has 126 valence electrons. The van der Waals surface area contributed by atoms with Gasteiger partial charge in [0.1, 0.15) is 12.7 Å². The molecule has 0 saturated carbocycles. The number of carbonyl (C=O) groups excluding carboxylic acids is 1. The van der Waals surface area contributed by atoms with Gasteiger partial charge in [0, 0.05) is 6.54 Å². The summed E-state index contributed by atoms with van der Waals surface area (Å²) in [5.74, 6) is 0.652. The van der Waals surface area contributed by atoms with Gasteiger partial charge in [-0.15, -0.1) is 0 Å². The van der Waals surface area contributed by atoms with Crippen LogP contribution in [0, 0.1) is 0 Å². The van der Waals surface area contributed by atoms with E-state index in [1.165, 1.54) is 11.9 Å². The number of benzene rings is 1. The van der Waals surface area contributed by atoms with Crippen LogP contribution in [-0.4, -0.2) is 37.2 Å². The number of urea groups is 1. The molecule has 2 aromatic heterocycles. The van der Waals surface area contributed by atoms with Crippen molar-refractivity contribution in [3.8, 4) is 5.82 Å². The highest BCUT2D eigenvalue weighted by Crippen LogP contribution is 2.32. The number of carbonyl (C=O) groups is 1. The van der Waals surface area contributed by atoms with Crippen molar-refractivity contribution in [2.45, 2.75) is 18.9 Å². The van der Waals surface area contributed by atoms with Crippen molar-refractivity contribution in [1.82, 2.24) is 24.6 Å². The zero-order valence-electron chi connectivity index (χ0n) is 13.6. The summed E-state index contributed by atoms with van der Waals surface area (Å²) in [5, 5.41) is 6.97. The molecular formula is C18H18N6O. The molecule has 25 heavy (non-hydrogen) atoms. The molecule has 1 saturated heterocycles. The average Bonchev–Trinajstić information content (AvgIpc) is 3.35. The quantitative estimate of drug-likeness (QED) is 0.799. The van der Waals surface area contributed by atoms with Gasteiger partial charge in [0.05, 0.1) is 17.9 Å². The van der Waals surface area contributed by atoms with Gasteiger partial charge in [0.2, 0.25) is 0 Å². The van der Waals surface area contributed by atoms with Gasteiger partial charge in [-0.25, -0.2) is 19.4 Å². The van der Waals surface area contributed by atoms with Gasteiger partial charge in [0.25, 0.3) is 0 Å². The van der Waals surface area contributed by atoms with Crippen LogP contribution in [0.25, 0.3) is 5.82 Å². The molecule has 1 aromatic carbocycles. The molecule has 7 heteroatoms. The van der Waals surface area contributed by atoms with Gasteiger partial charge in [-0.2, -0.15) is 5.10 Å². The summed E-state index contributed by atoms with van der Waals surface area (Å²) >= 11 is 0. The number of aromatic nitrogens is 4. The highest BCUT2D eigenvalue weighted by atomic mass is 16.2. The van der Waals surface area contributed by atoms with Gasteiger partial charge >= 0.3 is 6.03 Å². The first-order chi connectivity index (χ1) is 12.3. The van der Waals surface area contributed by atoms with Crippen molar-refractivity contribution in [3.05, 3.63) is 66.9 Å². The number of hydrogen-bond donors (Lipinski definition) is 1. The summed E-state index contributed by atoms with van der Waals surface area (Å²) in [7, 11) is 0. The van der Waals surface area contributed by atoms with Crippen LogP contribution in [-0.2, 0) is 0 Å². The molecule has 1 unspecified atom stereocenters. The molecule has 0 aliphatic carbocycles. The van der Waals surface area contributed by atoms with Crippen LogP contribution in [0.2, 0.25) is 0 Å². The van der Waals surface area contributed by atoms with Crippen LogP contribution in [0.4, 0.5) is 10.5 Å². The number of anilines is 1. The monoisotopic (exact) mass is 334 g/mol. The largest absolute Gasteiger partial charge is 0.322 e. The van der Waals surface area contributed by atoms with E-state index in [0.717, 1.165) is 19.4 Å². The van der Waals surface area contributed by atoms with Crippen LogP contribution in [0.3, 0.4) is 0 Å². The smallest absolute Gasteiger partial charge is 0.317 e. The lowest BCUT2D eigenvalue weighted by Crippen LogP contribution is -2.34. The normalized spacial score (nSPS) is 16.8. The van der Waals surface area contributed by atoms with E-state index in [9.17, 15) is 4.79 Å². The minimum Gasteiger partial charge on any atom is -0.317 e. The fourth-order valence-electron chi connectivity index (χ4n) is 3.15. The minimum absolute atomic E-state index is 0.0957. The minimum atomic E-state index is -0.0957. The topological polar surface area (TPSA) is 75.9 Å². The Hall–Kier alpha value is -3.22. The summed E-state index contributed by atoms with van der Waals surface area (Å²) in [4.78, 5) is 22.8. The molecule has 1 atom stereocenters. The average molecular weight is 334 g/mol. The Morgan fingerprint density at radius 1 is 1.16 bits per heavy atom. The molecule has 0 radical (unpaired) electrons. The number of nitrogens with zero attached hydrogens (tertiary/aromatic N) is 5. The fourth-order valence-corrected chi connectivity index (χ4v) is 3.15.